The minimum atomic E-state index is -4.02. The van der Waals surface area contributed by atoms with E-state index in [-0.39, 0.29) is 17.7 Å². The lowest BCUT2D eigenvalue weighted by atomic mass is 10.00. The van der Waals surface area contributed by atoms with Crippen molar-refractivity contribution in [2.24, 2.45) is 5.14 Å². The van der Waals surface area contributed by atoms with Crippen molar-refractivity contribution < 1.29 is 27.2 Å². The number of hydrogen-bond donors (Lipinski definition) is 1. The molecule has 2 heterocycles. The van der Waals surface area contributed by atoms with Crippen molar-refractivity contribution in [1.82, 2.24) is 4.90 Å². The van der Waals surface area contributed by atoms with Gasteiger partial charge in [0.05, 0.1) is 0 Å². The van der Waals surface area contributed by atoms with Crippen LogP contribution in [0.15, 0.2) is 21.6 Å². The third-order valence-electron chi connectivity index (χ3n) is 3.81. The molecule has 1 unspecified atom stereocenters. The van der Waals surface area contributed by atoms with E-state index >= 15 is 0 Å². The maximum Gasteiger partial charge on any atom is 0.374 e. The predicted molar refractivity (Wildman–Crippen MR) is 80.0 cm³/mol. The number of rotatable bonds is 5. The number of nitrogens with two attached hydrogens (primary N) is 1. The van der Waals surface area contributed by atoms with E-state index in [9.17, 15) is 18.0 Å². The standard InChI is InChI=1S/C14H20N2O6S/c1-2-10-5-3-4-8-16(10)12(17)9-21-14(18)11-6-7-13(22-11)23(15,19)20/h6-7,10H,2-5,8-9H2,1H3,(H2,15,19,20). The van der Waals surface area contributed by atoms with Crippen LogP contribution in [0.4, 0.5) is 0 Å². The van der Waals surface area contributed by atoms with Gasteiger partial charge in [-0.05, 0) is 37.8 Å². The molecule has 2 rings (SSSR count). The average Bonchev–Trinajstić information content (AvgIpc) is 3.02. The number of carbonyl (C=O) groups is 2. The minimum absolute atomic E-state index is 0.174. The zero-order valence-electron chi connectivity index (χ0n) is 12.9. The second-order valence-electron chi connectivity index (χ2n) is 5.38. The smallest absolute Gasteiger partial charge is 0.374 e. The molecular weight excluding hydrogens is 324 g/mol. The van der Waals surface area contributed by atoms with Gasteiger partial charge in [-0.2, -0.15) is 0 Å². The first-order valence-corrected chi connectivity index (χ1v) is 8.96. The molecule has 1 aromatic heterocycles. The van der Waals surface area contributed by atoms with E-state index < -0.39 is 27.7 Å². The summed E-state index contributed by atoms with van der Waals surface area (Å²) in [5, 5.41) is 4.36. The lowest BCUT2D eigenvalue weighted by molar-refractivity contribution is -0.138. The van der Waals surface area contributed by atoms with Crippen molar-refractivity contribution in [2.75, 3.05) is 13.2 Å². The van der Waals surface area contributed by atoms with Crippen molar-refractivity contribution in [3.05, 3.63) is 17.9 Å². The van der Waals surface area contributed by atoms with E-state index in [2.05, 4.69) is 0 Å². The van der Waals surface area contributed by atoms with Crippen LogP contribution in [0.5, 0.6) is 0 Å². The number of primary sulfonamides is 1. The van der Waals surface area contributed by atoms with Crippen LogP contribution in [0.3, 0.4) is 0 Å². The van der Waals surface area contributed by atoms with Crippen LogP contribution in [-0.4, -0.2) is 44.4 Å². The van der Waals surface area contributed by atoms with Gasteiger partial charge in [-0.3, -0.25) is 4.79 Å². The van der Waals surface area contributed by atoms with Gasteiger partial charge in [0, 0.05) is 12.6 Å². The molecule has 0 saturated carbocycles. The van der Waals surface area contributed by atoms with Gasteiger partial charge in [0.2, 0.25) is 10.9 Å². The fourth-order valence-corrected chi connectivity index (χ4v) is 3.08. The Hall–Kier alpha value is -1.87. The van der Waals surface area contributed by atoms with Crippen molar-refractivity contribution in [3.63, 3.8) is 0 Å². The van der Waals surface area contributed by atoms with Crippen molar-refractivity contribution in [2.45, 2.75) is 43.7 Å². The van der Waals surface area contributed by atoms with Crippen molar-refractivity contribution >= 4 is 21.9 Å². The van der Waals surface area contributed by atoms with E-state index in [1.165, 1.54) is 0 Å². The number of amides is 1. The monoisotopic (exact) mass is 344 g/mol. The molecule has 2 N–H and O–H groups in total. The SMILES string of the molecule is CCC1CCCCN1C(=O)COC(=O)c1ccc(S(N)(=O)=O)o1. The Labute approximate surface area is 134 Å². The second kappa shape index (κ2) is 7.14. The summed E-state index contributed by atoms with van der Waals surface area (Å²) in [4.78, 5) is 25.7. The summed E-state index contributed by atoms with van der Waals surface area (Å²) in [6.07, 6.45) is 3.83. The Kier molecular flexibility index (Phi) is 5.42. The van der Waals surface area contributed by atoms with E-state index in [1.54, 1.807) is 4.90 Å². The molecule has 0 radical (unpaired) electrons. The molecule has 8 nitrogen and oxygen atoms in total. The molecule has 0 spiro atoms. The van der Waals surface area contributed by atoms with Crippen LogP contribution in [0.25, 0.3) is 0 Å². The molecular formula is C14H20N2O6S. The summed E-state index contributed by atoms with van der Waals surface area (Å²) in [5.74, 6) is -1.48. The summed E-state index contributed by atoms with van der Waals surface area (Å²) >= 11 is 0. The number of esters is 1. The van der Waals surface area contributed by atoms with Gasteiger partial charge in [-0.25, -0.2) is 18.4 Å². The molecule has 128 valence electrons. The third-order valence-corrected chi connectivity index (χ3v) is 4.59. The van der Waals surface area contributed by atoms with E-state index in [4.69, 9.17) is 14.3 Å². The zero-order chi connectivity index (χ0) is 17.0. The van der Waals surface area contributed by atoms with Gasteiger partial charge < -0.3 is 14.1 Å². The molecule has 1 saturated heterocycles. The average molecular weight is 344 g/mol. The van der Waals surface area contributed by atoms with Gasteiger partial charge in [0.15, 0.2) is 6.61 Å². The summed E-state index contributed by atoms with van der Waals surface area (Å²) in [6, 6.07) is 2.38. The number of hydrogen-bond acceptors (Lipinski definition) is 6. The van der Waals surface area contributed by atoms with Crippen LogP contribution >= 0.6 is 0 Å². The molecule has 1 aliphatic rings. The molecule has 1 fully saturated rings. The summed E-state index contributed by atoms with van der Waals surface area (Å²) in [6.45, 7) is 2.27. The lowest BCUT2D eigenvalue weighted by Gasteiger charge is -2.35. The highest BCUT2D eigenvalue weighted by Gasteiger charge is 2.26. The third kappa shape index (κ3) is 4.32. The molecule has 1 aromatic rings. The molecule has 1 atom stereocenters. The van der Waals surface area contributed by atoms with Crippen LogP contribution in [-0.2, 0) is 19.6 Å². The summed E-state index contributed by atoms with van der Waals surface area (Å²) < 4.78 is 31.9. The van der Waals surface area contributed by atoms with Crippen molar-refractivity contribution in [1.29, 1.82) is 0 Å². The number of carbonyl (C=O) groups excluding carboxylic acids is 2. The lowest BCUT2D eigenvalue weighted by Crippen LogP contribution is -2.45. The number of likely N-dealkylation sites (tertiary alicyclic amines) is 1. The Balaban J connectivity index is 1.93. The Morgan fingerprint density at radius 1 is 1.39 bits per heavy atom. The maximum absolute atomic E-state index is 12.2. The van der Waals surface area contributed by atoms with Crippen LogP contribution in [0.2, 0.25) is 0 Å². The van der Waals surface area contributed by atoms with E-state index in [0.29, 0.717) is 6.54 Å². The van der Waals surface area contributed by atoms with Gasteiger partial charge in [0.1, 0.15) is 0 Å². The number of piperidine rings is 1. The van der Waals surface area contributed by atoms with Gasteiger partial charge >= 0.3 is 5.97 Å². The summed E-state index contributed by atoms with van der Waals surface area (Å²) in [5.41, 5.74) is 0. The fourth-order valence-electron chi connectivity index (χ4n) is 2.62. The quantitative estimate of drug-likeness (QED) is 0.792. The maximum atomic E-state index is 12.2. The fraction of sp³-hybridized carbons (Fsp3) is 0.571. The molecule has 1 aliphatic heterocycles. The highest BCUT2D eigenvalue weighted by atomic mass is 32.2. The number of ether oxygens (including phenoxy) is 1. The van der Waals surface area contributed by atoms with E-state index in [1.807, 2.05) is 6.92 Å². The topological polar surface area (TPSA) is 120 Å². The molecule has 0 aromatic carbocycles. The highest BCUT2D eigenvalue weighted by molar-refractivity contribution is 7.89. The molecule has 1 amide bonds. The predicted octanol–water partition coefficient (Wildman–Crippen LogP) is 0.875. The summed E-state index contributed by atoms with van der Waals surface area (Å²) in [7, 11) is -4.02. The van der Waals surface area contributed by atoms with Crippen molar-refractivity contribution in [3.8, 4) is 0 Å². The second-order valence-corrected chi connectivity index (χ2v) is 6.88. The first kappa shape index (κ1) is 17.5. The molecule has 0 aliphatic carbocycles. The van der Waals surface area contributed by atoms with Gasteiger partial charge in [-0.1, -0.05) is 6.92 Å². The van der Waals surface area contributed by atoms with E-state index in [0.717, 1.165) is 37.8 Å². The van der Waals surface area contributed by atoms with Crippen LogP contribution in [0, 0.1) is 0 Å². The molecule has 0 bridgehead atoms. The number of furan rings is 1. The zero-order valence-corrected chi connectivity index (χ0v) is 13.7. The highest BCUT2D eigenvalue weighted by Crippen LogP contribution is 2.20. The van der Waals surface area contributed by atoms with Gasteiger partial charge in [0.25, 0.3) is 15.9 Å². The Morgan fingerprint density at radius 2 is 2.13 bits per heavy atom. The molecule has 9 heteroatoms. The first-order chi connectivity index (χ1) is 10.8. The largest absolute Gasteiger partial charge is 0.450 e. The Bertz CT molecular complexity index is 681. The minimum Gasteiger partial charge on any atom is -0.450 e. The first-order valence-electron chi connectivity index (χ1n) is 7.42. The van der Waals surface area contributed by atoms with Crippen LogP contribution in [0.1, 0.15) is 43.2 Å². The normalized spacial score (nSPS) is 18.7. The Morgan fingerprint density at radius 3 is 2.74 bits per heavy atom. The number of sulfonamides is 1. The van der Waals surface area contributed by atoms with Crippen LogP contribution < -0.4 is 5.14 Å². The van der Waals surface area contributed by atoms with Gasteiger partial charge in [-0.15, -0.1) is 0 Å². The molecule has 23 heavy (non-hydrogen) atoms. The number of nitrogens with zero attached hydrogens (tertiary/aromatic N) is 1.